The molecule has 1 aromatic carbocycles. The zero-order chi connectivity index (χ0) is 11.7. The monoisotopic (exact) mass is 225 g/mol. The molecular formula is C13H11N3O. The maximum absolute atomic E-state index is 5.79. The summed E-state index contributed by atoms with van der Waals surface area (Å²) in [7, 11) is 0. The topological polar surface area (TPSA) is 52.5 Å². The molecule has 2 aromatic heterocycles. The predicted molar refractivity (Wildman–Crippen MR) is 66.1 cm³/mol. The highest BCUT2D eigenvalue weighted by molar-refractivity contribution is 5.60. The molecule has 0 saturated heterocycles. The maximum atomic E-state index is 5.79. The summed E-state index contributed by atoms with van der Waals surface area (Å²) in [5, 5.41) is 4.17. The lowest BCUT2D eigenvalue weighted by Gasteiger charge is -2.07. The molecule has 0 bridgehead atoms. The molecule has 2 heterocycles. The number of nitrogens with two attached hydrogens (primary N) is 1. The third-order valence-corrected chi connectivity index (χ3v) is 2.51. The van der Waals surface area contributed by atoms with Crippen LogP contribution in [-0.4, -0.2) is 9.61 Å². The molecule has 0 aliphatic heterocycles. The Labute approximate surface area is 98.2 Å². The number of aromatic nitrogens is 2. The Kier molecular flexibility index (Phi) is 2.19. The van der Waals surface area contributed by atoms with E-state index in [2.05, 4.69) is 5.10 Å². The molecule has 0 atom stereocenters. The van der Waals surface area contributed by atoms with Crippen LogP contribution in [0.5, 0.6) is 11.5 Å². The minimum Gasteiger partial charge on any atom is -0.455 e. The second-order valence-corrected chi connectivity index (χ2v) is 3.70. The van der Waals surface area contributed by atoms with E-state index < -0.39 is 0 Å². The number of nitrogen functional groups attached to an aromatic ring is 1. The van der Waals surface area contributed by atoms with Crippen LogP contribution in [0.25, 0.3) is 5.52 Å². The second-order valence-electron chi connectivity index (χ2n) is 3.70. The van der Waals surface area contributed by atoms with Crippen LogP contribution in [0.4, 0.5) is 5.69 Å². The Balaban J connectivity index is 1.99. The van der Waals surface area contributed by atoms with Crippen molar-refractivity contribution in [2.75, 3.05) is 5.73 Å². The van der Waals surface area contributed by atoms with Gasteiger partial charge in [-0.2, -0.15) is 5.10 Å². The van der Waals surface area contributed by atoms with Gasteiger partial charge in [0.05, 0.1) is 6.20 Å². The largest absolute Gasteiger partial charge is 0.455 e. The molecule has 0 saturated carbocycles. The first kappa shape index (κ1) is 9.72. The number of anilines is 1. The van der Waals surface area contributed by atoms with Crippen LogP contribution >= 0.6 is 0 Å². The van der Waals surface area contributed by atoms with Crippen LogP contribution in [-0.2, 0) is 0 Å². The van der Waals surface area contributed by atoms with Crippen molar-refractivity contribution in [3.8, 4) is 11.5 Å². The van der Waals surface area contributed by atoms with Crippen molar-refractivity contribution >= 4 is 11.2 Å². The smallest absolute Gasteiger partial charge is 0.154 e. The summed E-state index contributed by atoms with van der Waals surface area (Å²) in [5.74, 6) is 1.53. The highest BCUT2D eigenvalue weighted by Gasteiger charge is 2.03. The Hall–Kier alpha value is -2.49. The van der Waals surface area contributed by atoms with Crippen LogP contribution in [0.15, 0.2) is 54.9 Å². The van der Waals surface area contributed by atoms with E-state index in [1.165, 1.54) is 0 Å². The number of fused-ring (bicyclic) bond motifs is 1. The van der Waals surface area contributed by atoms with E-state index in [1.54, 1.807) is 10.7 Å². The molecule has 4 heteroatoms. The van der Waals surface area contributed by atoms with Gasteiger partial charge < -0.3 is 10.5 Å². The highest BCUT2D eigenvalue weighted by atomic mass is 16.5. The molecule has 0 amide bonds. The van der Waals surface area contributed by atoms with Crippen molar-refractivity contribution in [2.45, 2.75) is 0 Å². The average Bonchev–Trinajstić information content (AvgIpc) is 2.81. The van der Waals surface area contributed by atoms with E-state index in [9.17, 15) is 0 Å². The van der Waals surface area contributed by atoms with Crippen LogP contribution in [0, 0.1) is 0 Å². The molecule has 3 aromatic rings. The fraction of sp³-hybridized carbons (Fsp3) is 0. The number of nitrogens with zero attached hydrogens (tertiary/aromatic N) is 2. The Bertz CT molecular complexity index is 643. The number of rotatable bonds is 2. The van der Waals surface area contributed by atoms with Crippen LogP contribution in [0.2, 0.25) is 0 Å². The predicted octanol–water partition coefficient (Wildman–Crippen LogP) is 2.71. The fourth-order valence-corrected chi connectivity index (χ4v) is 1.68. The van der Waals surface area contributed by atoms with Gasteiger partial charge in [0, 0.05) is 18.0 Å². The Morgan fingerprint density at radius 3 is 2.71 bits per heavy atom. The van der Waals surface area contributed by atoms with Crippen molar-refractivity contribution in [3.63, 3.8) is 0 Å². The molecule has 0 radical (unpaired) electrons. The maximum Gasteiger partial charge on any atom is 0.154 e. The average molecular weight is 225 g/mol. The lowest BCUT2D eigenvalue weighted by atomic mass is 10.3. The first-order valence-electron chi connectivity index (χ1n) is 5.29. The van der Waals surface area contributed by atoms with Gasteiger partial charge in [-0.05, 0) is 36.4 Å². The SMILES string of the molecule is Nc1ccc(Oc2ccnn3cccc23)cc1. The molecule has 0 aliphatic carbocycles. The highest BCUT2D eigenvalue weighted by Crippen LogP contribution is 2.25. The van der Waals surface area contributed by atoms with E-state index >= 15 is 0 Å². The van der Waals surface area contributed by atoms with Gasteiger partial charge in [0.25, 0.3) is 0 Å². The van der Waals surface area contributed by atoms with Crippen LogP contribution < -0.4 is 10.5 Å². The quantitative estimate of drug-likeness (QED) is 0.682. The summed E-state index contributed by atoms with van der Waals surface area (Å²) in [6, 6.07) is 13.0. The molecule has 17 heavy (non-hydrogen) atoms. The number of hydrogen-bond acceptors (Lipinski definition) is 3. The number of ether oxygens (including phenoxy) is 1. The summed E-state index contributed by atoms with van der Waals surface area (Å²) < 4.78 is 7.56. The van der Waals surface area contributed by atoms with E-state index in [0.717, 1.165) is 22.7 Å². The van der Waals surface area contributed by atoms with Crippen molar-refractivity contribution in [3.05, 3.63) is 54.9 Å². The second kappa shape index (κ2) is 3.83. The minimum atomic E-state index is 0.722. The van der Waals surface area contributed by atoms with Crippen molar-refractivity contribution in [1.29, 1.82) is 0 Å². The van der Waals surface area contributed by atoms with E-state index in [0.29, 0.717) is 0 Å². The molecule has 2 N–H and O–H groups in total. The van der Waals surface area contributed by atoms with Crippen molar-refractivity contribution < 1.29 is 4.74 Å². The van der Waals surface area contributed by atoms with Gasteiger partial charge in [0.2, 0.25) is 0 Å². The standard InChI is InChI=1S/C13H11N3O/c14-10-3-5-11(6-4-10)17-13-7-8-15-16-9-1-2-12(13)16/h1-9H,14H2. The van der Waals surface area contributed by atoms with Gasteiger partial charge in [0.1, 0.15) is 11.3 Å². The molecule has 84 valence electrons. The molecule has 0 unspecified atom stereocenters. The van der Waals surface area contributed by atoms with Gasteiger partial charge in [0.15, 0.2) is 5.75 Å². The lowest BCUT2D eigenvalue weighted by molar-refractivity contribution is 0.484. The molecule has 3 rings (SSSR count). The first-order valence-corrected chi connectivity index (χ1v) is 5.29. The summed E-state index contributed by atoms with van der Waals surface area (Å²) in [5.41, 5.74) is 7.28. The van der Waals surface area contributed by atoms with Crippen molar-refractivity contribution in [1.82, 2.24) is 9.61 Å². The Morgan fingerprint density at radius 1 is 1.06 bits per heavy atom. The molecule has 0 spiro atoms. The zero-order valence-electron chi connectivity index (χ0n) is 9.08. The summed E-state index contributed by atoms with van der Waals surface area (Å²) in [6.45, 7) is 0. The molecular weight excluding hydrogens is 214 g/mol. The Morgan fingerprint density at radius 2 is 1.88 bits per heavy atom. The van der Waals surface area contributed by atoms with Gasteiger partial charge >= 0.3 is 0 Å². The molecule has 0 aliphatic rings. The third kappa shape index (κ3) is 1.80. The van der Waals surface area contributed by atoms with Crippen molar-refractivity contribution in [2.24, 2.45) is 0 Å². The van der Waals surface area contributed by atoms with E-state index in [-0.39, 0.29) is 0 Å². The van der Waals surface area contributed by atoms with Gasteiger partial charge in [-0.3, -0.25) is 0 Å². The first-order chi connectivity index (χ1) is 8.33. The van der Waals surface area contributed by atoms with E-state index in [4.69, 9.17) is 10.5 Å². The number of hydrogen-bond donors (Lipinski definition) is 1. The lowest BCUT2D eigenvalue weighted by Crippen LogP contribution is -1.92. The summed E-state index contributed by atoms with van der Waals surface area (Å²) in [6.07, 6.45) is 3.59. The van der Waals surface area contributed by atoms with Gasteiger partial charge in [-0.1, -0.05) is 0 Å². The fourth-order valence-electron chi connectivity index (χ4n) is 1.68. The number of benzene rings is 1. The van der Waals surface area contributed by atoms with Crippen LogP contribution in [0.1, 0.15) is 0 Å². The summed E-state index contributed by atoms with van der Waals surface area (Å²) in [4.78, 5) is 0. The summed E-state index contributed by atoms with van der Waals surface area (Å²) >= 11 is 0. The molecule has 0 fully saturated rings. The molecule has 4 nitrogen and oxygen atoms in total. The zero-order valence-corrected chi connectivity index (χ0v) is 9.08. The normalized spacial score (nSPS) is 10.6. The third-order valence-electron chi connectivity index (χ3n) is 2.51. The minimum absolute atomic E-state index is 0.722. The van der Waals surface area contributed by atoms with E-state index in [1.807, 2.05) is 48.7 Å². The van der Waals surface area contributed by atoms with Gasteiger partial charge in [-0.25, -0.2) is 4.52 Å². The van der Waals surface area contributed by atoms with Gasteiger partial charge in [-0.15, -0.1) is 0 Å². The van der Waals surface area contributed by atoms with Crippen LogP contribution in [0.3, 0.4) is 0 Å².